The highest BCUT2D eigenvalue weighted by molar-refractivity contribution is 5.99. The van der Waals surface area contributed by atoms with Gasteiger partial charge in [0, 0.05) is 11.8 Å². The molecule has 0 aromatic heterocycles. The fraction of sp³-hybridized carbons (Fsp3) is 0.333. The average Bonchev–Trinajstić information content (AvgIpc) is 2.01. The minimum absolute atomic E-state index is 0.304. The summed E-state index contributed by atoms with van der Waals surface area (Å²) in [6.07, 6.45) is -2.25. The van der Waals surface area contributed by atoms with Crippen molar-refractivity contribution in [2.45, 2.75) is 20.0 Å². The first-order valence-electron chi connectivity index (χ1n) is 3.56. The quantitative estimate of drug-likeness (QED) is 0.467. The maximum absolute atomic E-state index is 12.1. The van der Waals surface area contributed by atoms with Crippen LogP contribution < -0.4 is 0 Å². The van der Waals surface area contributed by atoms with Crippen molar-refractivity contribution in [3.8, 4) is 0 Å². The monoisotopic (exact) mass is 189 g/mol. The minimum Gasteiger partial charge on any atom is -0.248 e. The summed E-state index contributed by atoms with van der Waals surface area (Å²) in [7, 11) is 0. The lowest BCUT2D eigenvalue weighted by Crippen LogP contribution is -2.20. The van der Waals surface area contributed by atoms with Gasteiger partial charge in [-0.3, -0.25) is 0 Å². The molecule has 0 aromatic rings. The van der Waals surface area contributed by atoms with E-state index in [0.717, 1.165) is 0 Å². The van der Waals surface area contributed by atoms with Crippen molar-refractivity contribution < 1.29 is 13.2 Å². The third-order valence-corrected chi connectivity index (χ3v) is 1.24. The lowest BCUT2D eigenvalue weighted by atomic mass is 10.3. The molecule has 0 aliphatic carbocycles. The molecule has 72 valence electrons. The zero-order valence-corrected chi connectivity index (χ0v) is 7.44. The van der Waals surface area contributed by atoms with E-state index in [1.807, 2.05) is 0 Å². The van der Waals surface area contributed by atoms with E-state index in [2.05, 4.69) is 17.3 Å². The SMILES string of the molecule is C=C=CC(=N/C(C)=C\C)C(F)(F)F. The number of rotatable bonds is 2. The van der Waals surface area contributed by atoms with E-state index in [4.69, 9.17) is 0 Å². The van der Waals surface area contributed by atoms with Crippen LogP contribution in [0.2, 0.25) is 0 Å². The smallest absolute Gasteiger partial charge is 0.248 e. The molecule has 0 aliphatic rings. The Labute approximate surface area is 75.0 Å². The van der Waals surface area contributed by atoms with Gasteiger partial charge in [-0.05, 0) is 13.8 Å². The molecule has 0 heterocycles. The molecule has 0 fully saturated rings. The molecular formula is C9H10F3N. The Bertz CT molecular complexity index is 278. The molecule has 0 saturated carbocycles. The summed E-state index contributed by atoms with van der Waals surface area (Å²) in [6, 6.07) is 0. The number of hydrogen-bond acceptors (Lipinski definition) is 1. The van der Waals surface area contributed by atoms with Crippen LogP contribution in [0.5, 0.6) is 0 Å². The lowest BCUT2D eigenvalue weighted by Gasteiger charge is -2.05. The predicted octanol–water partition coefficient (Wildman–Crippen LogP) is 3.25. The van der Waals surface area contributed by atoms with E-state index in [9.17, 15) is 13.2 Å². The molecule has 0 N–H and O–H groups in total. The van der Waals surface area contributed by atoms with E-state index in [1.54, 1.807) is 6.92 Å². The summed E-state index contributed by atoms with van der Waals surface area (Å²) in [5.41, 5.74) is 1.37. The minimum atomic E-state index is -4.45. The zero-order chi connectivity index (χ0) is 10.5. The fourth-order valence-corrected chi connectivity index (χ4v) is 0.529. The first-order chi connectivity index (χ1) is 5.91. The van der Waals surface area contributed by atoms with Gasteiger partial charge in [-0.2, -0.15) is 13.2 Å². The van der Waals surface area contributed by atoms with E-state index in [1.165, 1.54) is 13.0 Å². The van der Waals surface area contributed by atoms with Crippen LogP contribution in [0.15, 0.2) is 35.2 Å². The van der Waals surface area contributed by atoms with E-state index >= 15 is 0 Å². The van der Waals surface area contributed by atoms with Gasteiger partial charge in [0.2, 0.25) is 0 Å². The summed E-state index contributed by atoms with van der Waals surface area (Å²) in [5, 5.41) is 0. The second-order valence-corrected chi connectivity index (χ2v) is 2.27. The van der Waals surface area contributed by atoms with Crippen LogP contribution in [0.25, 0.3) is 0 Å². The largest absolute Gasteiger partial charge is 0.433 e. The fourth-order valence-electron chi connectivity index (χ4n) is 0.529. The maximum Gasteiger partial charge on any atom is 0.433 e. The third-order valence-electron chi connectivity index (χ3n) is 1.24. The Morgan fingerprint density at radius 1 is 1.46 bits per heavy atom. The van der Waals surface area contributed by atoms with Crippen molar-refractivity contribution in [3.63, 3.8) is 0 Å². The van der Waals surface area contributed by atoms with Crippen molar-refractivity contribution >= 4 is 5.71 Å². The van der Waals surface area contributed by atoms with Crippen LogP contribution in [0.4, 0.5) is 13.2 Å². The molecular weight excluding hydrogens is 179 g/mol. The Balaban J connectivity index is 5.04. The van der Waals surface area contributed by atoms with Gasteiger partial charge in [0.15, 0.2) is 5.71 Å². The van der Waals surface area contributed by atoms with Crippen molar-refractivity contribution in [1.29, 1.82) is 0 Å². The van der Waals surface area contributed by atoms with E-state index < -0.39 is 11.9 Å². The van der Waals surface area contributed by atoms with Crippen LogP contribution in [-0.4, -0.2) is 11.9 Å². The van der Waals surface area contributed by atoms with Crippen LogP contribution >= 0.6 is 0 Å². The molecule has 0 unspecified atom stereocenters. The van der Waals surface area contributed by atoms with Crippen LogP contribution in [0, 0.1) is 0 Å². The summed E-state index contributed by atoms with van der Waals surface area (Å²) in [6.45, 7) is 6.17. The first kappa shape index (κ1) is 11.7. The molecule has 0 bridgehead atoms. The van der Waals surface area contributed by atoms with Gasteiger partial charge in [-0.1, -0.05) is 12.7 Å². The first-order valence-corrected chi connectivity index (χ1v) is 3.56. The van der Waals surface area contributed by atoms with E-state index in [-0.39, 0.29) is 0 Å². The Kier molecular flexibility index (Phi) is 4.21. The molecule has 0 rings (SSSR count). The zero-order valence-electron chi connectivity index (χ0n) is 7.44. The molecule has 0 spiro atoms. The van der Waals surface area contributed by atoms with Gasteiger partial charge in [0.25, 0.3) is 0 Å². The third kappa shape index (κ3) is 4.33. The molecule has 13 heavy (non-hydrogen) atoms. The normalized spacial score (nSPS) is 13.9. The van der Waals surface area contributed by atoms with Crippen molar-refractivity contribution in [2.24, 2.45) is 4.99 Å². The molecule has 0 atom stereocenters. The molecule has 0 amide bonds. The van der Waals surface area contributed by atoms with Crippen molar-refractivity contribution in [2.75, 3.05) is 0 Å². The van der Waals surface area contributed by atoms with Gasteiger partial charge >= 0.3 is 6.18 Å². The van der Waals surface area contributed by atoms with Gasteiger partial charge in [0.1, 0.15) is 0 Å². The highest BCUT2D eigenvalue weighted by Crippen LogP contribution is 2.19. The van der Waals surface area contributed by atoms with Gasteiger partial charge in [-0.15, -0.1) is 5.73 Å². The number of alkyl halides is 3. The molecule has 0 radical (unpaired) electrons. The Morgan fingerprint density at radius 2 is 2.00 bits per heavy atom. The van der Waals surface area contributed by atoms with Crippen LogP contribution in [-0.2, 0) is 0 Å². The topological polar surface area (TPSA) is 12.4 Å². The number of halogens is 3. The Hall–Kier alpha value is -1.28. The second-order valence-electron chi connectivity index (χ2n) is 2.27. The number of hydrogen-bond donors (Lipinski definition) is 0. The lowest BCUT2D eigenvalue weighted by molar-refractivity contribution is -0.0577. The highest BCUT2D eigenvalue weighted by Gasteiger charge is 2.33. The summed E-state index contributed by atoms with van der Waals surface area (Å²) >= 11 is 0. The highest BCUT2D eigenvalue weighted by atomic mass is 19.4. The maximum atomic E-state index is 12.1. The van der Waals surface area contributed by atoms with Gasteiger partial charge in [-0.25, -0.2) is 4.99 Å². The molecule has 0 saturated heterocycles. The second kappa shape index (κ2) is 4.67. The average molecular weight is 189 g/mol. The van der Waals surface area contributed by atoms with Gasteiger partial charge < -0.3 is 0 Å². The molecule has 1 nitrogen and oxygen atoms in total. The van der Waals surface area contributed by atoms with Crippen LogP contribution in [0.3, 0.4) is 0 Å². The Morgan fingerprint density at radius 3 is 2.31 bits per heavy atom. The van der Waals surface area contributed by atoms with Crippen molar-refractivity contribution in [3.05, 3.63) is 30.2 Å². The summed E-state index contributed by atoms with van der Waals surface area (Å²) in [4.78, 5) is 3.35. The molecule has 0 aliphatic heterocycles. The summed E-state index contributed by atoms with van der Waals surface area (Å²) in [5.74, 6) is 0. The van der Waals surface area contributed by atoms with E-state index in [0.29, 0.717) is 11.8 Å². The van der Waals surface area contributed by atoms with Gasteiger partial charge in [0.05, 0.1) is 0 Å². The molecule has 0 aromatic carbocycles. The molecule has 4 heteroatoms. The number of aliphatic imine (C=N–C) groups is 1. The van der Waals surface area contributed by atoms with Crippen molar-refractivity contribution in [1.82, 2.24) is 0 Å². The van der Waals surface area contributed by atoms with Crippen LogP contribution in [0.1, 0.15) is 13.8 Å². The number of allylic oxidation sites excluding steroid dienone is 3. The standard InChI is InChI=1S/C9H10F3N/c1-4-6-8(9(10,11)12)13-7(3)5-2/h5-6H,1H2,2-3H3/b7-5-,13-8?. The summed E-state index contributed by atoms with van der Waals surface area (Å²) < 4.78 is 36.4. The number of nitrogens with zero attached hydrogens (tertiary/aromatic N) is 1. The predicted molar refractivity (Wildman–Crippen MR) is 46.6 cm³/mol.